The summed E-state index contributed by atoms with van der Waals surface area (Å²) in [5, 5.41) is 21.7. The standard InChI is InChI=1S/C38H74NO10P/c1-3-5-7-9-11-13-15-16-17-18-20-21-23-25-27-29-36(41)39-35(38(43)44)33-49-50(45,46)48-32-34(40)31-47-37(42)30-28-26-24-22-19-14-12-10-8-6-4-2/h34-35,40H,3-33H2,1-2H3,(H,39,41)(H,43,44)(H,45,46). The highest BCUT2D eigenvalue weighted by atomic mass is 31.2. The van der Waals surface area contributed by atoms with Crippen molar-refractivity contribution in [1.82, 2.24) is 5.32 Å². The smallest absolute Gasteiger partial charge is 0.472 e. The van der Waals surface area contributed by atoms with E-state index in [0.29, 0.717) is 12.8 Å². The number of esters is 1. The molecule has 12 heteroatoms. The number of carbonyl (C=O) groups excluding carboxylic acids is 2. The Morgan fingerprint density at radius 3 is 1.32 bits per heavy atom. The fourth-order valence-corrected chi connectivity index (χ4v) is 6.50. The number of aliphatic hydroxyl groups is 1. The lowest BCUT2D eigenvalue weighted by molar-refractivity contribution is -0.147. The average molecular weight is 736 g/mol. The van der Waals surface area contributed by atoms with Crippen molar-refractivity contribution >= 4 is 25.7 Å². The van der Waals surface area contributed by atoms with Crippen LogP contribution in [-0.4, -0.2) is 64.9 Å². The Hall–Kier alpha value is -1.52. The zero-order valence-corrected chi connectivity index (χ0v) is 32.6. The van der Waals surface area contributed by atoms with E-state index < -0.39 is 57.6 Å². The van der Waals surface area contributed by atoms with Crippen LogP contribution in [0, 0.1) is 0 Å². The van der Waals surface area contributed by atoms with Crippen molar-refractivity contribution in [2.75, 3.05) is 19.8 Å². The highest BCUT2D eigenvalue weighted by Gasteiger charge is 2.28. The first-order valence-corrected chi connectivity index (χ1v) is 21.6. The summed E-state index contributed by atoms with van der Waals surface area (Å²) < 4.78 is 26.7. The summed E-state index contributed by atoms with van der Waals surface area (Å²) in [5.41, 5.74) is 0. The molecule has 0 aliphatic carbocycles. The fourth-order valence-electron chi connectivity index (χ4n) is 5.73. The molecule has 3 atom stereocenters. The van der Waals surface area contributed by atoms with E-state index in [1.807, 2.05) is 0 Å². The molecule has 0 radical (unpaired) electrons. The molecule has 296 valence electrons. The zero-order chi connectivity index (χ0) is 37.1. The molecule has 0 aliphatic heterocycles. The van der Waals surface area contributed by atoms with Crippen molar-refractivity contribution in [1.29, 1.82) is 0 Å². The van der Waals surface area contributed by atoms with Crippen molar-refractivity contribution < 1.29 is 47.8 Å². The number of amides is 1. The van der Waals surface area contributed by atoms with Gasteiger partial charge < -0.3 is 25.2 Å². The van der Waals surface area contributed by atoms with E-state index >= 15 is 0 Å². The van der Waals surface area contributed by atoms with Gasteiger partial charge in [-0.2, -0.15) is 0 Å². The van der Waals surface area contributed by atoms with Crippen molar-refractivity contribution in [2.24, 2.45) is 0 Å². The molecule has 0 saturated heterocycles. The van der Waals surface area contributed by atoms with Crippen molar-refractivity contribution in [2.45, 2.75) is 206 Å². The van der Waals surface area contributed by atoms with Gasteiger partial charge in [-0.15, -0.1) is 0 Å². The topological polar surface area (TPSA) is 169 Å². The number of carboxylic acid groups (broad SMARTS) is 1. The van der Waals surface area contributed by atoms with E-state index in [9.17, 15) is 34.1 Å². The molecule has 0 bridgehead atoms. The molecule has 11 nitrogen and oxygen atoms in total. The van der Waals surface area contributed by atoms with Crippen LogP contribution >= 0.6 is 7.82 Å². The molecule has 3 unspecified atom stereocenters. The molecule has 1 amide bonds. The molecule has 0 heterocycles. The lowest BCUT2D eigenvalue weighted by atomic mass is 10.0. The second-order valence-electron chi connectivity index (χ2n) is 13.8. The summed E-state index contributed by atoms with van der Waals surface area (Å²) in [7, 11) is -4.74. The second-order valence-corrected chi connectivity index (χ2v) is 15.3. The summed E-state index contributed by atoms with van der Waals surface area (Å²) in [5.74, 6) is -2.36. The van der Waals surface area contributed by atoms with E-state index in [-0.39, 0.29) is 12.8 Å². The number of phosphoric ester groups is 1. The van der Waals surface area contributed by atoms with Gasteiger partial charge in [-0.05, 0) is 12.8 Å². The first-order valence-electron chi connectivity index (χ1n) is 20.1. The van der Waals surface area contributed by atoms with Gasteiger partial charge in [0.05, 0.1) is 13.2 Å². The van der Waals surface area contributed by atoms with Gasteiger partial charge in [-0.1, -0.05) is 168 Å². The normalized spacial score (nSPS) is 13.8. The summed E-state index contributed by atoms with van der Waals surface area (Å²) >= 11 is 0. The second kappa shape index (κ2) is 34.6. The number of rotatable bonds is 38. The molecule has 0 rings (SSSR count). The molecule has 0 aromatic rings. The van der Waals surface area contributed by atoms with Gasteiger partial charge in [0.15, 0.2) is 6.04 Å². The maximum absolute atomic E-state index is 12.3. The van der Waals surface area contributed by atoms with E-state index in [2.05, 4.69) is 19.2 Å². The van der Waals surface area contributed by atoms with E-state index in [1.165, 1.54) is 116 Å². The van der Waals surface area contributed by atoms with Crippen LogP contribution in [-0.2, 0) is 32.7 Å². The number of phosphoric acid groups is 1. The number of unbranched alkanes of at least 4 members (excludes halogenated alkanes) is 24. The van der Waals surface area contributed by atoms with Crippen LogP contribution in [0.25, 0.3) is 0 Å². The Labute approximate surface area is 304 Å². The monoisotopic (exact) mass is 736 g/mol. The van der Waals surface area contributed by atoms with Gasteiger partial charge in [-0.25, -0.2) is 9.36 Å². The minimum Gasteiger partial charge on any atom is -0.480 e. The predicted octanol–water partition coefficient (Wildman–Crippen LogP) is 9.56. The van der Waals surface area contributed by atoms with Gasteiger partial charge in [0.2, 0.25) is 5.91 Å². The van der Waals surface area contributed by atoms with Gasteiger partial charge in [-0.3, -0.25) is 18.6 Å². The Kier molecular flexibility index (Phi) is 33.5. The number of carboxylic acids is 1. The third-order valence-electron chi connectivity index (χ3n) is 8.90. The van der Waals surface area contributed by atoms with E-state index in [4.69, 9.17) is 13.8 Å². The van der Waals surface area contributed by atoms with Gasteiger partial charge in [0, 0.05) is 12.8 Å². The molecule has 0 spiro atoms. The van der Waals surface area contributed by atoms with Crippen molar-refractivity contribution in [3.63, 3.8) is 0 Å². The predicted molar refractivity (Wildman–Crippen MR) is 199 cm³/mol. The lowest BCUT2D eigenvalue weighted by Crippen LogP contribution is -2.43. The number of carbonyl (C=O) groups is 3. The number of ether oxygens (including phenoxy) is 1. The molecule has 0 aromatic carbocycles. The van der Waals surface area contributed by atoms with Crippen LogP contribution in [0.1, 0.15) is 194 Å². The SMILES string of the molecule is CCCCCCCCCCCCCCCCCC(=O)NC(COP(=O)(O)OCC(O)COC(=O)CCCCCCCCCCCCC)C(=O)O. The highest BCUT2D eigenvalue weighted by Crippen LogP contribution is 2.43. The van der Waals surface area contributed by atoms with Crippen LogP contribution in [0.15, 0.2) is 0 Å². The number of hydrogen-bond donors (Lipinski definition) is 4. The highest BCUT2D eigenvalue weighted by molar-refractivity contribution is 7.47. The number of aliphatic carboxylic acids is 1. The maximum Gasteiger partial charge on any atom is 0.472 e. The Bertz CT molecular complexity index is 875. The number of nitrogens with one attached hydrogen (secondary N) is 1. The molecular weight excluding hydrogens is 661 g/mol. The first kappa shape index (κ1) is 48.5. The number of aliphatic hydroxyl groups excluding tert-OH is 1. The minimum atomic E-state index is -4.74. The van der Waals surface area contributed by atoms with Crippen LogP contribution in [0.4, 0.5) is 0 Å². The van der Waals surface area contributed by atoms with Crippen LogP contribution in [0.5, 0.6) is 0 Å². The molecule has 0 fully saturated rings. The Morgan fingerprint density at radius 2 is 0.920 bits per heavy atom. The zero-order valence-electron chi connectivity index (χ0n) is 31.7. The molecule has 0 aromatic heterocycles. The summed E-state index contributed by atoms with van der Waals surface area (Å²) in [4.78, 5) is 45.7. The van der Waals surface area contributed by atoms with Crippen molar-refractivity contribution in [3.8, 4) is 0 Å². The largest absolute Gasteiger partial charge is 0.480 e. The lowest BCUT2D eigenvalue weighted by Gasteiger charge is -2.18. The third-order valence-corrected chi connectivity index (χ3v) is 9.85. The van der Waals surface area contributed by atoms with Crippen LogP contribution < -0.4 is 5.32 Å². The molecule has 50 heavy (non-hydrogen) atoms. The average Bonchev–Trinajstić information content (AvgIpc) is 3.08. The minimum absolute atomic E-state index is 0.152. The summed E-state index contributed by atoms with van der Waals surface area (Å²) in [6.45, 7) is 2.58. The molecular formula is C38H74NO10P. The number of hydrogen-bond acceptors (Lipinski definition) is 8. The maximum atomic E-state index is 12.3. The van der Waals surface area contributed by atoms with E-state index in [0.717, 1.165) is 38.5 Å². The summed E-state index contributed by atoms with van der Waals surface area (Å²) in [6.07, 6.45) is 29.9. The van der Waals surface area contributed by atoms with Gasteiger partial charge >= 0.3 is 19.8 Å². The fraction of sp³-hybridized carbons (Fsp3) is 0.921. The van der Waals surface area contributed by atoms with Crippen molar-refractivity contribution in [3.05, 3.63) is 0 Å². The van der Waals surface area contributed by atoms with Gasteiger partial charge in [0.25, 0.3) is 0 Å². The summed E-state index contributed by atoms with van der Waals surface area (Å²) in [6, 6.07) is -1.54. The molecule has 4 N–H and O–H groups in total. The third kappa shape index (κ3) is 33.6. The Balaban J connectivity index is 3.92. The van der Waals surface area contributed by atoms with Gasteiger partial charge in [0.1, 0.15) is 12.7 Å². The molecule has 0 aliphatic rings. The van der Waals surface area contributed by atoms with Crippen LogP contribution in [0.2, 0.25) is 0 Å². The van der Waals surface area contributed by atoms with Crippen LogP contribution in [0.3, 0.4) is 0 Å². The molecule has 0 saturated carbocycles. The Morgan fingerprint density at radius 1 is 0.560 bits per heavy atom. The first-order chi connectivity index (χ1) is 24.1. The van der Waals surface area contributed by atoms with E-state index in [1.54, 1.807) is 0 Å². The quantitative estimate of drug-likeness (QED) is 0.0272.